The van der Waals surface area contributed by atoms with Gasteiger partial charge in [0.2, 0.25) is 0 Å². The topological polar surface area (TPSA) is 134 Å². The second-order valence-corrected chi connectivity index (χ2v) is 11.0. The minimum Gasteiger partial charge on any atom is -1.00 e. The number of hydrogen-bond donors (Lipinski definition) is 4. The summed E-state index contributed by atoms with van der Waals surface area (Å²) in [5.41, 5.74) is 3.24. The number of hydrogen-bond acceptors (Lipinski definition) is 6. The Morgan fingerprint density at radius 3 is 0.977 bits per heavy atom. The summed E-state index contributed by atoms with van der Waals surface area (Å²) in [4.78, 5) is 20.2. The van der Waals surface area contributed by atoms with Crippen LogP contribution in [0.5, 0.6) is 0 Å². The maximum Gasteiger partial charge on any atom is 0.269 e. The summed E-state index contributed by atoms with van der Waals surface area (Å²) in [6.45, 7) is 0. The molecule has 0 aromatic heterocycles. The fourth-order valence-corrected chi connectivity index (χ4v) is 3.43. The summed E-state index contributed by atoms with van der Waals surface area (Å²) >= 11 is 10.3. The van der Waals surface area contributed by atoms with Gasteiger partial charge in [0.05, 0.1) is 38.0 Å². The molecule has 4 N–H and O–H groups in total. The van der Waals surface area contributed by atoms with Crippen molar-refractivity contribution in [3.8, 4) is 0 Å². The Bertz CT molecular complexity index is 1370. The third-order valence-electron chi connectivity index (χ3n) is 4.74. The van der Waals surface area contributed by atoms with Gasteiger partial charge in [-0.3, -0.25) is 20.2 Å². The lowest BCUT2D eigenvalue weighted by Crippen LogP contribution is -3.00. The van der Waals surface area contributed by atoms with Gasteiger partial charge in [-0.25, -0.2) is 0 Å². The molecule has 14 heteroatoms. The van der Waals surface area contributed by atoms with Crippen molar-refractivity contribution in [3.05, 3.63) is 129 Å². The summed E-state index contributed by atoms with van der Waals surface area (Å²) < 4.78 is 1.00. The molecule has 44 heavy (non-hydrogen) atoms. The van der Waals surface area contributed by atoms with E-state index >= 15 is 0 Å². The smallest absolute Gasteiger partial charge is 0.269 e. The highest BCUT2D eigenvalue weighted by Gasteiger charge is 2.06. The summed E-state index contributed by atoms with van der Waals surface area (Å²) in [7, 11) is 8.50. The molecule has 0 spiro atoms. The molecule has 4 rings (SSSR count). The largest absolute Gasteiger partial charge is 1.00 e. The zero-order valence-electron chi connectivity index (χ0n) is 24.6. The molecule has 4 aromatic carbocycles. The fourth-order valence-electron chi connectivity index (χ4n) is 2.96. The molecule has 0 aliphatic rings. The van der Waals surface area contributed by atoms with E-state index in [1.54, 1.807) is 24.3 Å². The molecule has 0 fully saturated rings. The zero-order valence-corrected chi connectivity index (χ0v) is 27.0. The number of para-hydroxylation sites is 2. The number of nitro groups is 2. The van der Waals surface area contributed by atoms with Crippen LogP contribution in [0.2, 0.25) is 0 Å². The van der Waals surface area contributed by atoms with E-state index in [1.165, 1.54) is 24.3 Å². The zero-order chi connectivity index (χ0) is 31.8. The van der Waals surface area contributed by atoms with E-state index in [0.29, 0.717) is 21.6 Å². The van der Waals surface area contributed by atoms with Crippen molar-refractivity contribution in [1.29, 1.82) is 0 Å². The van der Waals surface area contributed by atoms with Gasteiger partial charge in [0.1, 0.15) is 0 Å². The molecule has 0 heterocycles. The first-order valence-corrected chi connectivity index (χ1v) is 13.7. The molecular formula is C30H34ClN7O4S2. The van der Waals surface area contributed by atoms with Crippen molar-refractivity contribution < 1.29 is 26.7 Å². The Kier molecular flexibility index (Phi) is 15.9. The van der Waals surface area contributed by atoms with Gasteiger partial charge in [0, 0.05) is 47.0 Å². The SMILES string of the molecule is C[N+](C)(C)C.O=[N+]([O-])c1ccc(NC(=S)Nc2ccccc2)cc1.O=[N+]([O-])c1ccc(NC(=S)Nc2ccccc2)cc1.[Cl-]. The summed E-state index contributed by atoms with van der Waals surface area (Å²) in [6.07, 6.45) is 0. The van der Waals surface area contributed by atoms with Crippen LogP contribution in [0.1, 0.15) is 0 Å². The molecule has 0 saturated carbocycles. The fraction of sp³-hybridized carbons (Fsp3) is 0.133. The van der Waals surface area contributed by atoms with Crippen molar-refractivity contribution in [2.24, 2.45) is 0 Å². The third-order valence-corrected chi connectivity index (χ3v) is 5.14. The Morgan fingerprint density at radius 2 is 0.750 bits per heavy atom. The minimum absolute atomic E-state index is 0. The predicted octanol–water partition coefficient (Wildman–Crippen LogP) is 4.13. The maximum absolute atomic E-state index is 10.5. The first kappa shape index (κ1) is 37.3. The van der Waals surface area contributed by atoms with Crippen LogP contribution in [-0.4, -0.2) is 52.7 Å². The van der Waals surface area contributed by atoms with Crippen molar-refractivity contribution in [1.82, 2.24) is 0 Å². The number of rotatable bonds is 6. The number of nitrogens with zero attached hydrogens (tertiary/aromatic N) is 3. The monoisotopic (exact) mass is 655 g/mol. The lowest BCUT2D eigenvalue weighted by Gasteiger charge is -2.14. The molecule has 0 radical (unpaired) electrons. The molecule has 232 valence electrons. The van der Waals surface area contributed by atoms with Crippen LogP contribution in [0.25, 0.3) is 0 Å². The molecule has 0 aliphatic carbocycles. The van der Waals surface area contributed by atoms with Gasteiger partial charge in [0.15, 0.2) is 10.2 Å². The number of benzene rings is 4. The van der Waals surface area contributed by atoms with E-state index in [9.17, 15) is 20.2 Å². The van der Waals surface area contributed by atoms with Gasteiger partial charge >= 0.3 is 0 Å². The average Bonchev–Trinajstić information content (AvgIpc) is 2.94. The quantitative estimate of drug-likeness (QED) is 0.104. The minimum atomic E-state index is -0.440. The van der Waals surface area contributed by atoms with Crippen LogP contribution < -0.4 is 33.7 Å². The molecule has 0 unspecified atom stereocenters. The van der Waals surface area contributed by atoms with Gasteiger partial charge in [-0.2, -0.15) is 0 Å². The lowest BCUT2D eigenvalue weighted by molar-refractivity contribution is -0.849. The number of anilines is 4. The number of nitro benzene ring substituents is 2. The van der Waals surface area contributed by atoms with E-state index in [2.05, 4.69) is 49.5 Å². The van der Waals surface area contributed by atoms with E-state index in [4.69, 9.17) is 24.4 Å². The summed E-state index contributed by atoms with van der Waals surface area (Å²) in [5, 5.41) is 33.8. The number of quaternary nitrogens is 1. The van der Waals surface area contributed by atoms with Gasteiger partial charge in [-0.1, -0.05) is 36.4 Å². The average molecular weight is 656 g/mol. The first-order valence-electron chi connectivity index (χ1n) is 12.8. The second kappa shape index (κ2) is 18.8. The standard InChI is InChI=1S/2C13H11N3O2S.C4H12N.ClH/c2*17-16(18)12-8-6-11(7-9-12)15-13(19)14-10-4-2-1-3-5-10;1-5(2,3)4;/h2*1-9H,(H2,14,15,19);1-4H3;1H/q;;+1;/p-1. The van der Waals surface area contributed by atoms with Crippen LogP contribution in [0, 0.1) is 20.2 Å². The van der Waals surface area contributed by atoms with Crippen molar-refractivity contribution in [2.45, 2.75) is 0 Å². The molecule has 0 aliphatic heterocycles. The van der Waals surface area contributed by atoms with Gasteiger partial charge < -0.3 is 38.2 Å². The van der Waals surface area contributed by atoms with Crippen LogP contribution in [-0.2, 0) is 0 Å². The van der Waals surface area contributed by atoms with Crippen LogP contribution in [0.4, 0.5) is 34.1 Å². The maximum atomic E-state index is 10.5. The highest BCUT2D eigenvalue weighted by atomic mass is 35.5. The van der Waals surface area contributed by atoms with Crippen molar-refractivity contribution >= 4 is 68.8 Å². The summed E-state index contributed by atoms with van der Waals surface area (Å²) in [6, 6.07) is 31.1. The Labute approximate surface area is 273 Å². The van der Waals surface area contributed by atoms with Crippen LogP contribution >= 0.6 is 24.4 Å². The predicted molar refractivity (Wildman–Crippen MR) is 183 cm³/mol. The Morgan fingerprint density at radius 1 is 0.523 bits per heavy atom. The van der Waals surface area contributed by atoms with Crippen LogP contribution in [0.3, 0.4) is 0 Å². The molecule has 4 aromatic rings. The Hall–Kier alpha value is -4.69. The van der Waals surface area contributed by atoms with Crippen LogP contribution in [0.15, 0.2) is 109 Å². The van der Waals surface area contributed by atoms with E-state index in [-0.39, 0.29) is 23.8 Å². The van der Waals surface area contributed by atoms with Crippen molar-refractivity contribution in [2.75, 3.05) is 49.5 Å². The summed E-state index contributed by atoms with van der Waals surface area (Å²) in [5.74, 6) is 0. The van der Waals surface area contributed by atoms with E-state index < -0.39 is 9.85 Å². The molecule has 0 atom stereocenters. The normalized spacial score (nSPS) is 9.73. The molecule has 0 amide bonds. The lowest BCUT2D eigenvalue weighted by atomic mass is 10.3. The highest BCUT2D eigenvalue weighted by molar-refractivity contribution is 7.81. The number of nitrogens with one attached hydrogen (secondary N) is 4. The van der Waals surface area contributed by atoms with E-state index in [1.807, 2.05) is 60.7 Å². The first-order chi connectivity index (χ1) is 20.3. The van der Waals surface area contributed by atoms with Gasteiger partial charge in [-0.15, -0.1) is 0 Å². The molecule has 11 nitrogen and oxygen atoms in total. The van der Waals surface area contributed by atoms with E-state index in [0.717, 1.165) is 15.9 Å². The molecular weight excluding hydrogens is 622 g/mol. The molecule has 0 saturated heterocycles. The second-order valence-electron chi connectivity index (χ2n) is 10.2. The number of non-ortho nitro benzene ring substituents is 2. The highest BCUT2D eigenvalue weighted by Crippen LogP contribution is 2.17. The van der Waals surface area contributed by atoms with Gasteiger partial charge in [0.25, 0.3) is 11.4 Å². The number of thiocarbonyl (C=S) groups is 2. The van der Waals surface area contributed by atoms with Gasteiger partial charge in [-0.05, 0) is 73.0 Å². The third kappa shape index (κ3) is 16.1. The van der Waals surface area contributed by atoms with Crippen molar-refractivity contribution in [3.63, 3.8) is 0 Å². The number of halogens is 1. The Balaban J connectivity index is 0.000000375. The molecule has 0 bridgehead atoms.